The van der Waals surface area contributed by atoms with Crippen LogP contribution < -0.4 is 0 Å². The summed E-state index contributed by atoms with van der Waals surface area (Å²) in [6.45, 7) is 12.0. The number of hydrogen-bond donors (Lipinski definition) is 0. The van der Waals surface area contributed by atoms with Gasteiger partial charge < -0.3 is 4.43 Å². The second-order valence-corrected chi connectivity index (χ2v) is 12.4. The molecule has 0 saturated carbocycles. The van der Waals surface area contributed by atoms with Gasteiger partial charge in [-0.2, -0.15) is 0 Å². The highest BCUT2D eigenvalue weighted by Gasteiger charge is 2.38. The number of ketones is 1. The molecule has 1 aliphatic carbocycles. The minimum Gasteiger partial charge on any atom is -0.417 e. The van der Waals surface area contributed by atoms with E-state index in [1.807, 2.05) is 12.1 Å². The third-order valence-corrected chi connectivity index (χ3v) is 9.44. The molecule has 1 aliphatic rings. The van der Waals surface area contributed by atoms with Crippen molar-refractivity contribution < 1.29 is 9.22 Å². The number of Topliss-reactive ketones (excluding diaryl/α,β-unsaturated/α-hetero) is 1. The molecule has 3 nitrogen and oxygen atoms in total. The topological polar surface area (TPSA) is 39.2 Å². The van der Waals surface area contributed by atoms with E-state index in [0.29, 0.717) is 24.6 Å². The molecule has 1 unspecified atom stereocenters. The lowest BCUT2D eigenvalue weighted by atomic mass is 10.0. The van der Waals surface area contributed by atoms with E-state index < -0.39 is 8.32 Å². The zero-order chi connectivity index (χ0) is 15.7. The van der Waals surface area contributed by atoms with E-state index in [-0.39, 0.29) is 10.8 Å². The maximum absolute atomic E-state index is 12.3. The first-order chi connectivity index (χ1) is 9.71. The molecule has 116 valence electrons. The molecule has 2 rings (SSSR count). The van der Waals surface area contributed by atoms with Gasteiger partial charge in [0, 0.05) is 19.2 Å². The van der Waals surface area contributed by atoms with Crippen LogP contribution in [0.1, 0.15) is 49.7 Å². The molecular formula is C17H27NO2Si. The largest absolute Gasteiger partial charge is 0.417 e. The highest BCUT2D eigenvalue weighted by atomic mass is 28.4. The van der Waals surface area contributed by atoms with E-state index in [1.165, 1.54) is 0 Å². The molecule has 0 spiro atoms. The molecule has 0 fully saturated rings. The summed E-state index contributed by atoms with van der Waals surface area (Å²) >= 11 is 0. The van der Waals surface area contributed by atoms with Gasteiger partial charge in [0.2, 0.25) is 0 Å². The highest BCUT2D eigenvalue weighted by Crippen LogP contribution is 2.37. The van der Waals surface area contributed by atoms with Gasteiger partial charge in [0.25, 0.3) is 0 Å². The number of nitrogens with zero attached hydrogens (tertiary/aromatic N) is 1. The molecule has 0 radical (unpaired) electrons. The van der Waals surface area contributed by atoms with Gasteiger partial charge in [0.15, 0.2) is 14.1 Å². The summed E-state index contributed by atoms with van der Waals surface area (Å²) in [6.07, 6.45) is 4.22. The van der Waals surface area contributed by atoms with E-state index in [4.69, 9.17) is 4.43 Å². The Morgan fingerprint density at radius 1 is 1.38 bits per heavy atom. The molecule has 0 amide bonds. The maximum atomic E-state index is 12.3. The molecular weight excluding hydrogens is 278 g/mol. The van der Waals surface area contributed by atoms with Gasteiger partial charge in [0.05, 0.1) is 0 Å². The Kier molecular flexibility index (Phi) is 4.68. The Hall–Kier alpha value is -1.00. The number of aromatic nitrogens is 1. The second kappa shape index (κ2) is 6.01. The number of fused-ring (bicyclic) bond motifs is 1. The number of rotatable bonds is 3. The van der Waals surface area contributed by atoms with Crippen LogP contribution >= 0.6 is 0 Å². The van der Waals surface area contributed by atoms with E-state index in [9.17, 15) is 4.79 Å². The molecule has 1 heterocycles. The molecule has 1 aromatic rings. The predicted molar refractivity (Wildman–Crippen MR) is 88.1 cm³/mol. The monoisotopic (exact) mass is 305 g/mol. The SMILES string of the molecule is CC(C)(C)[Si](C)(C)OCC1CCc2cccnc2C(=O)C1. The lowest BCUT2D eigenvalue weighted by molar-refractivity contribution is 0.0937. The zero-order valence-corrected chi connectivity index (χ0v) is 14.9. The van der Waals surface area contributed by atoms with Gasteiger partial charge >= 0.3 is 0 Å². The minimum atomic E-state index is -1.73. The van der Waals surface area contributed by atoms with Crippen molar-refractivity contribution >= 4 is 14.1 Å². The van der Waals surface area contributed by atoms with E-state index in [0.717, 1.165) is 18.4 Å². The van der Waals surface area contributed by atoms with Crippen molar-refractivity contribution in [3.63, 3.8) is 0 Å². The summed E-state index contributed by atoms with van der Waals surface area (Å²) < 4.78 is 6.30. The summed E-state index contributed by atoms with van der Waals surface area (Å²) in [7, 11) is -1.73. The Morgan fingerprint density at radius 2 is 2.10 bits per heavy atom. The van der Waals surface area contributed by atoms with Gasteiger partial charge in [-0.3, -0.25) is 9.78 Å². The Bertz CT molecular complexity index is 520. The fraction of sp³-hybridized carbons (Fsp3) is 0.647. The average molecular weight is 305 g/mol. The van der Waals surface area contributed by atoms with Crippen molar-refractivity contribution in [3.05, 3.63) is 29.6 Å². The average Bonchev–Trinajstić information content (AvgIpc) is 2.55. The van der Waals surface area contributed by atoms with Crippen molar-refractivity contribution in [2.45, 2.75) is 58.2 Å². The first-order valence-electron chi connectivity index (χ1n) is 7.82. The Labute approximate surface area is 129 Å². The standard InChI is InChI=1S/C17H27NO2Si/c1-17(2,3)21(4,5)20-12-13-8-9-14-7-6-10-18-16(14)15(19)11-13/h6-7,10,13H,8-9,11-12H2,1-5H3. The van der Waals surface area contributed by atoms with Gasteiger partial charge in [-0.15, -0.1) is 0 Å². The van der Waals surface area contributed by atoms with Crippen LogP contribution in [0.4, 0.5) is 0 Å². The van der Waals surface area contributed by atoms with Crippen molar-refractivity contribution in [2.75, 3.05) is 6.61 Å². The smallest absolute Gasteiger partial charge is 0.191 e. The number of carbonyl (C=O) groups is 1. The first-order valence-corrected chi connectivity index (χ1v) is 10.7. The van der Waals surface area contributed by atoms with Crippen LogP contribution in [0.25, 0.3) is 0 Å². The highest BCUT2D eigenvalue weighted by molar-refractivity contribution is 6.74. The van der Waals surface area contributed by atoms with Crippen molar-refractivity contribution in [2.24, 2.45) is 5.92 Å². The van der Waals surface area contributed by atoms with Gasteiger partial charge in [0.1, 0.15) is 5.69 Å². The predicted octanol–water partition coefficient (Wildman–Crippen LogP) is 4.24. The fourth-order valence-corrected chi connectivity index (χ4v) is 3.48. The van der Waals surface area contributed by atoms with Crippen LogP contribution in [0.3, 0.4) is 0 Å². The van der Waals surface area contributed by atoms with Crippen molar-refractivity contribution in [1.82, 2.24) is 4.98 Å². The summed E-state index contributed by atoms with van der Waals surface area (Å²) in [6, 6.07) is 3.94. The summed E-state index contributed by atoms with van der Waals surface area (Å²) in [5.74, 6) is 0.493. The minimum absolute atomic E-state index is 0.173. The Morgan fingerprint density at radius 3 is 2.76 bits per heavy atom. The molecule has 0 N–H and O–H groups in total. The van der Waals surface area contributed by atoms with Crippen LogP contribution in [0.2, 0.25) is 18.1 Å². The van der Waals surface area contributed by atoms with E-state index in [2.05, 4.69) is 38.8 Å². The molecule has 0 saturated heterocycles. The van der Waals surface area contributed by atoms with E-state index in [1.54, 1.807) is 6.20 Å². The van der Waals surface area contributed by atoms with Gasteiger partial charge in [-0.25, -0.2) is 0 Å². The van der Waals surface area contributed by atoms with Gasteiger partial charge in [-0.05, 0) is 48.5 Å². The number of hydrogen-bond acceptors (Lipinski definition) is 3. The third-order valence-electron chi connectivity index (χ3n) is 4.94. The summed E-state index contributed by atoms with van der Waals surface area (Å²) in [5, 5.41) is 0.215. The molecule has 0 bridgehead atoms. The molecule has 4 heteroatoms. The first kappa shape index (κ1) is 16.4. The molecule has 1 aromatic heterocycles. The molecule has 21 heavy (non-hydrogen) atoms. The molecule has 1 atom stereocenters. The lowest BCUT2D eigenvalue weighted by Gasteiger charge is -2.37. The lowest BCUT2D eigenvalue weighted by Crippen LogP contribution is -2.42. The van der Waals surface area contributed by atoms with Crippen LogP contribution in [0, 0.1) is 5.92 Å². The Balaban J connectivity index is 2.01. The van der Waals surface area contributed by atoms with Crippen LogP contribution in [-0.2, 0) is 10.8 Å². The number of aryl methyl sites for hydroxylation is 1. The quantitative estimate of drug-likeness (QED) is 0.619. The maximum Gasteiger partial charge on any atom is 0.191 e. The van der Waals surface area contributed by atoms with E-state index >= 15 is 0 Å². The molecule has 0 aliphatic heterocycles. The zero-order valence-electron chi connectivity index (χ0n) is 13.9. The third kappa shape index (κ3) is 3.80. The van der Waals surface area contributed by atoms with Crippen LogP contribution in [0.5, 0.6) is 0 Å². The summed E-state index contributed by atoms with van der Waals surface area (Å²) in [5.41, 5.74) is 1.77. The van der Waals surface area contributed by atoms with Gasteiger partial charge in [-0.1, -0.05) is 26.8 Å². The van der Waals surface area contributed by atoms with Crippen molar-refractivity contribution in [1.29, 1.82) is 0 Å². The second-order valence-electron chi connectivity index (χ2n) is 7.61. The van der Waals surface area contributed by atoms with Crippen molar-refractivity contribution in [3.8, 4) is 0 Å². The number of pyridine rings is 1. The van der Waals surface area contributed by atoms with Crippen LogP contribution in [-0.4, -0.2) is 25.7 Å². The number of carbonyl (C=O) groups excluding carboxylic acids is 1. The summed E-state index contributed by atoms with van der Waals surface area (Å²) in [4.78, 5) is 16.6. The fourth-order valence-electron chi connectivity index (χ4n) is 2.40. The van der Waals surface area contributed by atoms with Crippen LogP contribution in [0.15, 0.2) is 18.3 Å². The molecule has 0 aromatic carbocycles. The normalized spacial score (nSPS) is 20.0.